The lowest BCUT2D eigenvalue weighted by Crippen LogP contribution is -2.36. The molecule has 2 atom stereocenters. The number of aliphatic hydroxyl groups is 1. The summed E-state index contributed by atoms with van der Waals surface area (Å²) in [7, 11) is 0. The second kappa shape index (κ2) is 9.14. The summed E-state index contributed by atoms with van der Waals surface area (Å²) < 4.78 is 0. The molecule has 1 aliphatic carbocycles. The van der Waals surface area contributed by atoms with Gasteiger partial charge in [0.05, 0.1) is 12.1 Å². The van der Waals surface area contributed by atoms with Crippen LogP contribution in [-0.2, 0) is 6.54 Å². The predicted octanol–water partition coefficient (Wildman–Crippen LogP) is 1.34. The molecule has 2 aromatic rings. The van der Waals surface area contributed by atoms with Crippen molar-refractivity contribution in [3.05, 3.63) is 42.2 Å². The average Bonchev–Trinajstić information content (AvgIpc) is 2.68. The monoisotopic (exact) mass is 383 g/mol. The minimum absolute atomic E-state index is 0.00300. The van der Waals surface area contributed by atoms with Crippen molar-refractivity contribution < 1.29 is 9.90 Å². The smallest absolute Gasteiger partial charge is 0.344 e. The van der Waals surface area contributed by atoms with Crippen molar-refractivity contribution in [2.24, 2.45) is 16.5 Å². The number of nitrogens with one attached hydrogen (secondary N) is 2. The molecule has 1 aromatic carbocycles. The minimum Gasteiger partial charge on any atom is -0.391 e. The van der Waals surface area contributed by atoms with Crippen molar-refractivity contribution in [1.29, 1.82) is 0 Å². The van der Waals surface area contributed by atoms with Gasteiger partial charge in [0.25, 0.3) is 0 Å². The molecule has 0 aliphatic heterocycles. The number of aromatic nitrogens is 2. The van der Waals surface area contributed by atoms with Crippen LogP contribution in [0.2, 0.25) is 0 Å². The maximum Gasteiger partial charge on any atom is 0.344 e. The maximum atomic E-state index is 11.5. The third kappa shape index (κ3) is 5.40. The van der Waals surface area contributed by atoms with E-state index in [0.717, 1.165) is 42.4 Å². The molecule has 28 heavy (non-hydrogen) atoms. The highest BCUT2D eigenvalue weighted by atomic mass is 16.3. The first-order valence-electron chi connectivity index (χ1n) is 9.24. The molecule has 9 heteroatoms. The van der Waals surface area contributed by atoms with Crippen molar-refractivity contribution >= 4 is 17.9 Å². The second-order valence-corrected chi connectivity index (χ2v) is 6.79. The molecule has 1 aromatic heterocycles. The van der Waals surface area contributed by atoms with Crippen molar-refractivity contribution in [1.82, 2.24) is 15.3 Å². The zero-order chi connectivity index (χ0) is 19.9. The highest BCUT2D eigenvalue weighted by molar-refractivity contribution is 5.90. The van der Waals surface area contributed by atoms with Crippen LogP contribution < -0.4 is 22.1 Å². The van der Waals surface area contributed by atoms with E-state index >= 15 is 0 Å². The zero-order valence-electron chi connectivity index (χ0n) is 15.5. The molecular weight excluding hydrogens is 358 g/mol. The van der Waals surface area contributed by atoms with Gasteiger partial charge < -0.3 is 27.2 Å². The van der Waals surface area contributed by atoms with Gasteiger partial charge in [-0.25, -0.2) is 14.8 Å². The van der Waals surface area contributed by atoms with Crippen LogP contribution in [0, 0.1) is 0 Å². The Kier molecular flexibility index (Phi) is 6.38. The van der Waals surface area contributed by atoms with E-state index in [4.69, 9.17) is 11.5 Å². The number of hydrogen-bond donors (Lipinski definition) is 5. The number of amides is 2. The lowest BCUT2D eigenvalue weighted by Gasteiger charge is -2.28. The van der Waals surface area contributed by atoms with E-state index in [2.05, 4.69) is 25.6 Å². The highest BCUT2D eigenvalue weighted by Gasteiger charge is 2.23. The summed E-state index contributed by atoms with van der Waals surface area (Å²) in [6, 6.07) is 7.07. The number of rotatable bonds is 5. The van der Waals surface area contributed by atoms with Gasteiger partial charge in [-0.2, -0.15) is 4.99 Å². The van der Waals surface area contributed by atoms with E-state index < -0.39 is 6.03 Å². The summed E-state index contributed by atoms with van der Waals surface area (Å²) in [6.45, 7) is 0.295. The van der Waals surface area contributed by atoms with Gasteiger partial charge >= 0.3 is 6.03 Å². The van der Waals surface area contributed by atoms with Crippen LogP contribution in [0.5, 0.6) is 0 Å². The Labute approximate surface area is 163 Å². The first kappa shape index (κ1) is 19.6. The number of aliphatic imine (C=N–C) groups is 1. The fraction of sp³-hybridized carbons (Fsp3) is 0.368. The Morgan fingerprint density at radius 1 is 1.18 bits per heavy atom. The molecule has 2 amide bonds. The lowest BCUT2D eigenvalue weighted by molar-refractivity contribution is 0.116. The third-order valence-electron chi connectivity index (χ3n) is 4.63. The summed E-state index contributed by atoms with van der Waals surface area (Å²) in [5.41, 5.74) is 13.0. The number of urea groups is 1. The Balaban J connectivity index is 1.63. The number of benzene rings is 1. The Morgan fingerprint density at radius 2 is 1.93 bits per heavy atom. The fourth-order valence-corrected chi connectivity index (χ4v) is 3.19. The number of guanidine groups is 1. The average molecular weight is 383 g/mol. The lowest BCUT2D eigenvalue weighted by atomic mass is 9.93. The van der Waals surface area contributed by atoms with E-state index in [1.807, 2.05) is 24.3 Å². The summed E-state index contributed by atoms with van der Waals surface area (Å²) >= 11 is 0. The number of anilines is 1. The number of nitrogens with two attached hydrogens (primary N) is 2. The molecule has 2 unspecified atom stereocenters. The Hall–Kier alpha value is -3.20. The molecule has 1 heterocycles. The second-order valence-electron chi connectivity index (χ2n) is 6.79. The number of aliphatic hydroxyl groups excluding tert-OH is 1. The Bertz CT molecular complexity index is 834. The van der Waals surface area contributed by atoms with Gasteiger partial charge in [-0.15, -0.1) is 0 Å². The van der Waals surface area contributed by atoms with Crippen LogP contribution in [0.25, 0.3) is 11.1 Å². The fourth-order valence-electron chi connectivity index (χ4n) is 3.19. The van der Waals surface area contributed by atoms with E-state index in [1.165, 1.54) is 0 Å². The van der Waals surface area contributed by atoms with Gasteiger partial charge in [-0.3, -0.25) is 0 Å². The number of nitrogens with zero attached hydrogens (tertiary/aromatic N) is 3. The summed E-state index contributed by atoms with van der Waals surface area (Å²) in [6.07, 6.45) is 7.00. The predicted molar refractivity (Wildman–Crippen MR) is 107 cm³/mol. The minimum atomic E-state index is -0.589. The quantitative estimate of drug-likeness (QED) is 0.386. The molecule has 1 fully saturated rings. The van der Waals surface area contributed by atoms with E-state index in [-0.39, 0.29) is 18.1 Å². The summed E-state index contributed by atoms with van der Waals surface area (Å²) in [5, 5.41) is 15.9. The molecular formula is C19H25N7O2. The van der Waals surface area contributed by atoms with Crippen molar-refractivity contribution in [2.45, 2.75) is 44.4 Å². The van der Waals surface area contributed by atoms with E-state index in [0.29, 0.717) is 12.5 Å². The normalized spacial score (nSPS) is 18.9. The molecule has 1 saturated carbocycles. The molecule has 0 saturated heterocycles. The molecule has 0 bridgehead atoms. The van der Waals surface area contributed by atoms with Crippen LogP contribution in [0.3, 0.4) is 0 Å². The number of carbonyl (C=O) groups is 1. The number of carbonyl (C=O) groups excluding carboxylic acids is 1. The van der Waals surface area contributed by atoms with E-state index in [1.54, 1.807) is 12.4 Å². The van der Waals surface area contributed by atoms with Crippen LogP contribution in [0.1, 0.15) is 31.2 Å². The third-order valence-corrected chi connectivity index (χ3v) is 4.63. The first-order valence-corrected chi connectivity index (χ1v) is 9.24. The van der Waals surface area contributed by atoms with Gasteiger partial charge in [-0.1, -0.05) is 31.0 Å². The summed E-state index contributed by atoms with van der Waals surface area (Å²) in [5.74, 6) is 0.230. The number of hydrogen-bond acceptors (Lipinski definition) is 5. The highest BCUT2D eigenvalue weighted by Crippen LogP contribution is 2.23. The largest absolute Gasteiger partial charge is 0.391 e. The van der Waals surface area contributed by atoms with E-state index in [9.17, 15) is 9.90 Å². The molecule has 3 rings (SSSR count). The van der Waals surface area contributed by atoms with Crippen LogP contribution in [-0.4, -0.2) is 39.2 Å². The van der Waals surface area contributed by atoms with Gasteiger partial charge in [-0.05, 0) is 30.0 Å². The van der Waals surface area contributed by atoms with Crippen molar-refractivity contribution in [3.8, 4) is 11.1 Å². The molecule has 0 radical (unpaired) electrons. The van der Waals surface area contributed by atoms with Gasteiger partial charge in [0.1, 0.15) is 0 Å². The molecule has 1 aliphatic rings. The van der Waals surface area contributed by atoms with Gasteiger partial charge in [0.15, 0.2) is 5.96 Å². The van der Waals surface area contributed by atoms with Crippen LogP contribution >= 0.6 is 0 Å². The Morgan fingerprint density at radius 3 is 2.64 bits per heavy atom. The standard InChI is InChI=1S/C19H25N7O2/c20-17(21)26-19(28)24-9-12-4-3-5-13(8-12)14-10-22-18(23-11-14)25-15-6-1-2-7-16(15)27/h3-5,8,10-11,15-16,27H,1-2,6-7,9H2,(H,22,23,25)(H5,20,21,24,26,28). The van der Waals surface area contributed by atoms with Gasteiger partial charge in [0.2, 0.25) is 5.95 Å². The van der Waals surface area contributed by atoms with Crippen LogP contribution in [0.15, 0.2) is 41.7 Å². The van der Waals surface area contributed by atoms with Crippen molar-refractivity contribution in [2.75, 3.05) is 5.32 Å². The first-order chi connectivity index (χ1) is 13.5. The molecule has 9 nitrogen and oxygen atoms in total. The van der Waals surface area contributed by atoms with Crippen LogP contribution in [0.4, 0.5) is 10.7 Å². The SMILES string of the molecule is NC(N)=NC(=O)NCc1cccc(-c2cnc(NC3CCCCC3O)nc2)c1. The zero-order valence-corrected chi connectivity index (χ0v) is 15.5. The molecule has 7 N–H and O–H groups in total. The molecule has 0 spiro atoms. The summed E-state index contributed by atoms with van der Waals surface area (Å²) in [4.78, 5) is 23.7. The van der Waals surface area contributed by atoms with Gasteiger partial charge in [0, 0.05) is 24.5 Å². The van der Waals surface area contributed by atoms with Crippen molar-refractivity contribution in [3.63, 3.8) is 0 Å². The molecule has 148 valence electrons. The maximum absolute atomic E-state index is 11.5. The topological polar surface area (TPSA) is 152 Å².